The monoisotopic (exact) mass is 317 g/mol. The van der Waals surface area contributed by atoms with Crippen LogP contribution in [0, 0.1) is 19.7 Å². The van der Waals surface area contributed by atoms with Crippen molar-refractivity contribution >= 4 is 16.0 Å². The van der Waals surface area contributed by atoms with Crippen LogP contribution in [0.15, 0.2) is 17.0 Å². The zero-order valence-corrected chi connectivity index (χ0v) is 13.1. The van der Waals surface area contributed by atoms with E-state index in [9.17, 15) is 17.6 Å². The normalized spacial score (nSPS) is 13.1. The van der Waals surface area contributed by atoms with Crippen LogP contribution < -0.4 is 4.72 Å². The maximum atomic E-state index is 13.2. The summed E-state index contributed by atoms with van der Waals surface area (Å²) in [6.45, 7) is 4.85. The number of carbonyl (C=O) groups is 1. The van der Waals surface area contributed by atoms with Crippen molar-refractivity contribution < 1.29 is 22.7 Å². The molecule has 0 aromatic heterocycles. The summed E-state index contributed by atoms with van der Waals surface area (Å²) in [6, 6.07) is 1.05. The topological polar surface area (TPSA) is 83.5 Å². The Morgan fingerprint density at radius 2 is 1.86 bits per heavy atom. The number of carboxylic acids is 1. The van der Waals surface area contributed by atoms with Crippen LogP contribution in [-0.4, -0.2) is 25.5 Å². The van der Waals surface area contributed by atoms with Crippen molar-refractivity contribution in [2.24, 2.45) is 0 Å². The third-order valence-electron chi connectivity index (χ3n) is 3.14. The van der Waals surface area contributed by atoms with Gasteiger partial charge in [-0.1, -0.05) is 19.8 Å². The molecule has 0 bridgehead atoms. The summed E-state index contributed by atoms with van der Waals surface area (Å²) in [5.74, 6) is -1.74. The molecule has 1 aromatic rings. The highest BCUT2D eigenvalue weighted by Gasteiger charge is 2.27. The number of halogens is 1. The summed E-state index contributed by atoms with van der Waals surface area (Å²) in [5, 5.41) is 9.11. The molecule has 0 heterocycles. The molecular weight excluding hydrogens is 297 g/mol. The van der Waals surface area contributed by atoms with Crippen molar-refractivity contribution in [3.05, 3.63) is 29.1 Å². The second kappa shape index (κ2) is 7.00. The van der Waals surface area contributed by atoms with Gasteiger partial charge in [-0.25, -0.2) is 12.8 Å². The summed E-state index contributed by atoms with van der Waals surface area (Å²) in [6.07, 6.45) is 1.57. The van der Waals surface area contributed by atoms with E-state index in [1.54, 1.807) is 0 Å². The Bertz CT molecular complexity index is 605. The lowest BCUT2D eigenvalue weighted by atomic mass is 10.1. The molecule has 1 atom stereocenters. The van der Waals surface area contributed by atoms with E-state index in [4.69, 9.17) is 5.11 Å². The van der Waals surface area contributed by atoms with E-state index < -0.39 is 27.9 Å². The third-order valence-corrected chi connectivity index (χ3v) is 4.91. The zero-order chi connectivity index (χ0) is 16.2. The second-order valence-corrected chi connectivity index (χ2v) is 6.67. The number of unbranched alkanes of at least 4 members (excludes halogenated alkanes) is 1. The van der Waals surface area contributed by atoms with Crippen molar-refractivity contribution in [3.63, 3.8) is 0 Å². The highest BCUT2D eigenvalue weighted by atomic mass is 32.2. The van der Waals surface area contributed by atoms with Crippen LogP contribution in [0.25, 0.3) is 0 Å². The lowest BCUT2D eigenvalue weighted by Gasteiger charge is -2.17. The van der Waals surface area contributed by atoms with Crippen LogP contribution in [0.1, 0.15) is 37.3 Å². The largest absolute Gasteiger partial charge is 0.480 e. The number of hydrogen-bond donors (Lipinski definition) is 2. The van der Waals surface area contributed by atoms with Crippen molar-refractivity contribution in [2.75, 3.05) is 0 Å². The van der Waals surface area contributed by atoms with Crippen LogP contribution in [-0.2, 0) is 14.8 Å². The quantitative estimate of drug-likeness (QED) is 0.808. The highest BCUT2D eigenvalue weighted by molar-refractivity contribution is 7.89. The molecule has 21 heavy (non-hydrogen) atoms. The van der Waals surface area contributed by atoms with Gasteiger partial charge in [0.2, 0.25) is 10.0 Å². The molecule has 0 aliphatic heterocycles. The summed E-state index contributed by atoms with van der Waals surface area (Å²) < 4.78 is 40.2. The van der Waals surface area contributed by atoms with Gasteiger partial charge in [-0.2, -0.15) is 4.72 Å². The minimum atomic E-state index is -4.01. The zero-order valence-electron chi connectivity index (χ0n) is 12.3. The Balaban J connectivity index is 3.14. The van der Waals surface area contributed by atoms with Crippen LogP contribution in [0.3, 0.4) is 0 Å². The molecule has 0 spiro atoms. The van der Waals surface area contributed by atoms with E-state index in [1.807, 2.05) is 6.92 Å². The van der Waals surface area contributed by atoms with E-state index in [1.165, 1.54) is 13.8 Å². The van der Waals surface area contributed by atoms with Gasteiger partial charge in [-0.05, 0) is 43.5 Å². The number of sulfonamides is 1. The Hall–Kier alpha value is -1.47. The van der Waals surface area contributed by atoms with Crippen LogP contribution in [0.2, 0.25) is 0 Å². The number of hydrogen-bond acceptors (Lipinski definition) is 3. The van der Waals surface area contributed by atoms with Gasteiger partial charge >= 0.3 is 5.97 Å². The number of nitrogens with one attached hydrogen (secondary N) is 1. The molecule has 7 heteroatoms. The Morgan fingerprint density at radius 3 is 2.29 bits per heavy atom. The summed E-state index contributed by atoms with van der Waals surface area (Å²) in [4.78, 5) is 11.1. The first-order chi connectivity index (χ1) is 9.69. The fraction of sp³-hybridized carbons (Fsp3) is 0.500. The van der Waals surface area contributed by atoms with Crippen LogP contribution in [0.4, 0.5) is 4.39 Å². The third kappa shape index (κ3) is 4.50. The van der Waals surface area contributed by atoms with Crippen molar-refractivity contribution in [2.45, 2.75) is 51.0 Å². The molecule has 0 aliphatic rings. The van der Waals surface area contributed by atoms with Crippen LogP contribution in [0.5, 0.6) is 0 Å². The maximum Gasteiger partial charge on any atom is 0.321 e. The lowest BCUT2D eigenvalue weighted by molar-refractivity contribution is -0.139. The van der Waals surface area contributed by atoms with Gasteiger partial charge < -0.3 is 5.11 Å². The average molecular weight is 317 g/mol. The Labute approximate surface area is 124 Å². The number of carboxylic acid groups (broad SMARTS) is 1. The molecule has 0 saturated heterocycles. The predicted molar refractivity (Wildman–Crippen MR) is 77.1 cm³/mol. The van der Waals surface area contributed by atoms with E-state index in [-0.39, 0.29) is 22.4 Å². The summed E-state index contributed by atoms with van der Waals surface area (Å²) in [7, 11) is -4.01. The Kier molecular flexibility index (Phi) is 5.86. The SMILES string of the molecule is CCCC[C@H](NS(=O)(=O)c1c(C)cc(F)cc1C)C(=O)O. The van der Waals surface area contributed by atoms with Gasteiger partial charge in [0.05, 0.1) is 4.90 Å². The molecule has 5 nitrogen and oxygen atoms in total. The number of aliphatic carboxylic acids is 1. The molecular formula is C14H20FNO4S. The van der Waals surface area contributed by atoms with Gasteiger partial charge in [-0.3, -0.25) is 4.79 Å². The Morgan fingerprint density at radius 1 is 1.33 bits per heavy atom. The van der Waals surface area contributed by atoms with E-state index in [2.05, 4.69) is 4.72 Å². The molecule has 0 radical (unpaired) electrons. The number of benzene rings is 1. The van der Waals surface area contributed by atoms with Crippen molar-refractivity contribution in [3.8, 4) is 0 Å². The molecule has 0 unspecified atom stereocenters. The molecule has 1 rings (SSSR count). The van der Waals surface area contributed by atoms with Gasteiger partial charge in [0.1, 0.15) is 11.9 Å². The fourth-order valence-corrected chi connectivity index (χ4v) is 3.89. The minimum Gasteiger partial charge on any atom is -0.480 e. The van der Waals surface area contributed by atoms with Crippen LogP contribution >= 0.6 is 0 Å². The fourth-order valence-electron chi connectivity index (χ4n) is 2.21. The van der Waals surface area contributed by atoms with Gasteiger partial charge in [0.15, 0.2) is 0 Å². The smallest absolute Gasteiger partial charge is 0.321 e. The van der Waals surface area contributed by atoms with E-state index in [0.717, 1.165) is 18.6 Å². The molecule has 0 amide bonds. The molecule has 0 aliphatic carbocycles. The standard InChI is InChI=1S/C14H20FNO4S/c1-4-5-6-12(14(17)18)16-21(19,20)13-9(2)7-11(15)8-10(13)3/h7-8,12,16H,4-6H2,1-3H3,(H,17,18)/t12-/m0/s1. The molecule has 0 saturated carbocycles. The first-order valence-electron chi connectivity index (χ1n) is 6.71. The van der Waals surface area contributed by atoms with Crippen molar-refractivity contribution in [1.29, 1.82) is 0 Å². The summed E-state index contributed by atoms with van der Waals surface area (Å²) >= 11 is 0. The molecule has 0 fully saturated rings. The first-order valence-corrected chi connectivity index (χ1v) is 8.19. The second-order valence-electron chi connectivity index (χ2n) is 5.02. The number of aryl methyl sites for hydroxylation is 2. The molecule has 1 aromatic carbocycles. The van der Waals surface area contributed by atoms with Gasteiger partial charge in [0.25, 0.3) is 0 Å². The predicted octanol–water partition coefficient (Wildman–Crippen LogP) is 2.36. The lowest BCUT2D eigenvalue weighted by Crippen LogP contribution is -2.41. The summed E-state index contributed by atoms with van der Waals surface area (Å²) in [5.41, 5.74) is 0.499. The molecule has 118 valence electrons. The minimum absolute atomic E-state index is 0.0633. The van der Waals surface area contributed by atoms with Gasteiger partial charge in [-0.15, -0.1) is 0 Å². The van der Waals surface area contributed by atoms with Crippen molar-refractivity contribution in [1.82, 2.24) is 4.72 Å². The average Bonchev–Trinajstić information content (AvgIpc) is 2.32. The molecule has 2 N–H and O–H groups in total. The van der Waals surface area contributed by atoms with E-state index in [0.29, 0.717) is 6.42 Å². The first kappa shape index (κ1) is 17.6. The number of rotatable bonds is 7. The highest BCUT2D eigenvalue weighted by Crippen LogP contribution is 2.22. The van der Waals surface area contributed by atoms with Gasteiger partial charge in [0, 0.05) is 0 Å². The van der Waals surface area contributed by atoms with E-state index >= 15 is 0 Å². The maximum absolute atomic E-state index is 13.2.